The fraction of sp³-hybridized carbons (Fsp3) is 0. The summed E-state index contributed by atoms with van der Waals surface area (Å²) in [6, 6.07) is 31.3. The van der Waals surface area contributed by atoms with Crippen molar-refractivity contribution in [2.24, 2.45) is 0 Å². The molecule has 0 bridgehead atoms. The highest BCUT2D eigenvalue weighted by Gasteiger charge is 2.24. The van der Waals surface area contributed by atoms with Crippen LogP contribution in [0.15, 0.2) is 84.9 Å². The van der Waals surface area contributed by atoms with E-state index >= 15 is 0 Å². The fourth-order valence-electron chi connectivity index (χ4n) is 5.20. The van der Waals surface area contributed by atoms with Crippen LogP contribution in [-0.2, 0) is 0 Å². The van der Waals surface area contributed by atoms with Crippen molar-refractivity contribution in [1.82, 2.24) is 0 Å². The molecule has 0 aliphatic heterocycles. The molecule has 0 saturated heterocycles. The van der Waals surface area contributed by atoms with Gasteiger partial charge in [-0.1, -0.05) is 84.9 Å². The molecule has 0 saturated carbocycles. The highest BCUT2D eigenvalue weighted by molar-refractivity contribution is 6.45. The molecule has 1 aliphatic rings. The van der Waals surface area contributed by atoms with E-state index in [4.69, 9.17) is 0 Å². The SMILES string of the molecule is c1ccc2c(c1)c1cccc3c1c1c4c-3cccc4c3ccccc3c21. The maximum absolute atomic E-state index is 2.29. The summed E-state index contributed by atoms with van der Waals surface area (Å²) in [5.41, 5.74) is 2.77. The normalized spacial score (nSPS) is 12.6. The summed E-state index contributed by atoms with van der Waals surface area (Å²) in [6.45, 7) is 0. The number of hydrogen-bond donors (Lipinski definition) is 0. The third-order valence-corrected chi connectivity index (χ3v) is 6.14. The lowest BCUT2D eigenvalue weighted by molar-refractivity contribution is 1.77. The molecular formula is C26H14. The molecule has 0 fully saturated rings. The molecule has 7 rings (SSSR count). The molecule has 0 amide bonds. The van der Waals surface area contributed by atoms with Gasteiger partial charge in [0.05, 0.1) is 0 Å². The minimum absolute atomic E-state index is 1.36. The standard InChI is InChI=1S/C26H14/c1-3-9-17-15(7-1)19-11-5-13-21-22-14-6-12-20-16-8-2-4-10-18(16)23(17)26(24(19)21)25(20)22/h1-14H. The minimum Gasteiger partial charge on any atom is -0.0616 e. The van der Waals surface area contributed by atoms with Crippen LogP contribution in [0.1, 0.15) is 0 Å². The molecule has 0 spiro atoms. The van der Waals surface area contributed by atoms with Crippen molar-refractivity contribution < 1.29 is 0 Å². The lowest BCUT2D eigenvalue weighted by Crippen LogP contribution is -1.85. The van der Waals surface area contributed by atoms with E-state index in [1.807, 2.05) is 0 Å². The Hall–Kier alpha value is -3.38. The largest absolute Gasteiger partial charge is 0.0616 e. The first-order chi connectivity index (χ1) is 12.9. The van der Waals surface area contributed by atoms with E-state index < -0.39 is 0 Å². The fourth-order valence-corrected chi connectivity index (χ4v) is 5.20. The second-order valence-corrected chi connectivity index (χ2v) is 7.30. The van der Waals surface area contributed by atoms with E-state index in [9.17, 15) is 0 Å². The Labute approximate surface area is 150 Å². The van der Waals surface area contributed by atoms with Gasteiger partial charge in [-0.3, -0.25) is 0 Å². The molecular weight excluding hydrogens is 312 g/mol. The summed E-state index contributed by atoms with van der Waals surface area (Å²) in [7, 11) is 0. The van der Waals surface area contributed by atoms with Gasteiger partial charge in [-0.25, -0.2) is 0 Å². The summed E-state index contributed by atoms with van der Waals surface area (Å²) in [6.07, 6.45) is 0. The maximum atomic E-state index is 2.29. The van der Waals surface area contributed by atoms with Crippen LogP contribution in [0.3, 0.4) is 0 Å². The van der Waals surface area contributed by atoms with E-state index in [0.717, 1.165) is 0 Å². The van der Waals surface area contributed by atoms with Crippen LogP contribution >= 0.6 is 0 Å². The second-order valence-electron chi connectivity index (χ2n) is 7.30. The average molecular weight is 326 g/mol. The van der Waals surface area contributed by atoms with Crippen LogP contribution < -0.4 is 0 Å². The van der Waals surface area contributed by atoms with Crippen molar-refractivity contribution in [2.75, 3.05) is 0 Å². The second kappa shape index (κ2) is 4.23. The minimum atomic E-state index is 1.36. The molecule has 0 aromatic heterocycles. The van der Waals surface area contributed by atoms with Crippen molar-refractivity contribution in [2.45, 2.75) is 0 Å². The van der Waals surface area contributed by atoms with Gasteiger partial charge >= 0.3 is 0 Å². The molecule has 0 heterocycles. The van der Waals surface area contributed by atoms with Gasteiger partial charge in [0.2, 0.25) is 0 Å². The molecule has 0 radical (unpaired) electrons. The van der Waals surface area contributed by atoms with Crippen LogP contribution in [-0.4, -0.2) is 0 Å². The number of fused-ring (bicyclic) bond motifs is 7. The van der Waals surface area contributed by atoms with Crippen molar-refractivity contribution in [1.29, 1.82) is 0 Å². The van der Waals surface area contributed by atoms with Crippen molar-refractivity contribution in [3.8, 4) is 11.1 Å². The average Bonchev–Trinajstić information content (AvgIpc) is 3.05. The topological polar surface area (TPSA) is 0 Å². The Morgan fingerprint density at radius 2 is 0.654 bits per heavy atom. The molecule has 0 heteroatoms. The van der Waals surface area contributed by atoms with Gasteiger partial charge in [-0.05, 0) is 65.0 Å². The van der Waals surface area contributed by atoms with Gasteiger partial charge in [0.15, 0.2) is 0 Å². The van der Waals surface area contributed by atoms with Gasteiger partial charge in [0.1, 0.15) is 0 Å². The first-order valence-corrected chi connectivity index (χ1v) is 9.14. The van der Waals surface area contributed by atoms with Gasteiger partial charge in [0.25, 0.3) is 0 Å². The van der Waals surface area contributed by atoms with E-state index in [0.29, 0.717) is 0 Å². The monoisotopic (exact) mass is 326 g/mol. The molecule has 6 aromatic carbocycles. The molecule has 0 N–H and O–H groups in total. The van der Waals surface area contributed by atoms with Crippen molar-refractivity contribution in [3.05, 3.63) is 84.9 Å². The predicted molar refractivity (Wildman–Crippen MR) is 113 cm³/mol. The van der Waals surface area contributed by atoms with E-state index in [1.54, 1.807) is 0 Å². The summed E-state index contributed by atoms with van der Waals surface area (Å²) in [5, 5.41) is 13.9. The van der Waals surface area contributed by atoms with Crippen LogP contribution in [0.5, 0.6) is 0 Å². The Morgan fingerprint density at radius 3 is 1.15 bits per heavy atom. The molecule has 26 heavy (non-hydrogen) atoms. The lowest BCUT2D eigenvalue weighted by atomic mass is 9.90. The lowest BCUT2D eigenvalue weighted by Gasteiger charge is -2.13. The molecule has 0 nitrogen and oxygen atoms in total. The van der Waals surface area contributed by atoms with E-state index in [1.165, 1.54) is 65.0 Å². The summed E-state index contributed by atoms with van der Waals surface area (Å²) >= 11 is 0. The zero-order chi connectivity index (χ0) is 16.8. The van der Waals surface area contributed by atoms with Crippen LogP contribution in [0.4, 0.5) is 0 Å². The highest BCUT2D eigenvalue weighted by Crippen LogP contribution is 2.52. The molecule has 6 aromatic rings. The number of benzene rings is 6. The van der Waals surface area contributed by atoms with Gasteiger partial charge in [0, 0.05) is 0 Å². The first kappa shape index (κ1) is 12.9. The van der Waals surface area contributed by atoms with Gasteiger partial charge in [-0.2, -0.15) is 0 Å². The summed E-state index contributed by atoms with van der Waals surface area (Å²) < 4.78 is 0. The smallest absolute Gasteiger partial charge is 0.000138 e. The zero-order valence-electron chi connectivity index (χ0n) is 14.1. The van der Waals surface area contributed by atoms with E-state index in [-0.39, 0.29) is 0 Å². The van der Waals surface area contributed by atoms with Crippen molar-refractivity contribution in [3.63, 3.8) is 0 Å². The quantitative estimate of drug-likeness (QED) is 0.254. The van der Waals surface area contributed by atoms with Crippen molar-refractivity contribution >= 4 is 53.9 Å². The maximum Gasteiger partial charge on any atom is -0.000138 e. The van der Waals surface area contributed by atoms with Crippen LogP contribution in [0.25, 0.3) is 65.0 Å². The molecule has 0 atom stereocenters. The Balaban J connectivity index is 2.05. The Morgan fingerprint density at radius 1 is 0.269 bits per heavy atom. The summed E-state index contributed by atoms with van der Waals surface area (Å²) in [4.78, 5) is 0. The molecule has 1 aliphatic carbocycles. The highest BCUT2D eigenvalue weighted by atomic mass is 14.3. The van der Waals surface area contributed by atoms with E-state index in [2.05, 4.69) is 84.9 Å². The third-order valence-electron chi connectivity index (χ3n) is 6.14. The number of rotatable bonds is 0. The van der Waals surface area contributed by atoms with Crippen LogP contribution in [0, 0.1) is 0 Å². The first-order valence-electron chi connectivity index (χ1n) is 9.14. The molecule has 0 unspecified atom stereocenters. The zero-order valence-corrected chi connectivity index (χ0v) is 14.1. The number of hydrogen-bond acceptors (Lipinski definition) is 0. The van der Waals surface area contributed by atoms with Gasteiger partial charge < -0.3 is 0 Å². The Kier molecular flexibility index (Phi) is 2.10. The molecule has 118 valence electrons. The Bertz CT molecular complexity index is 1450. The predicted octanol–water partition coefficient (Wildman–Crippen LogP) is 7.43. The summed E-state index contributed by atoms with van der Waals surface area (Å²) in [5.74, 6) is 0. The van der Waals surface area contributed by atoms with Gasteiger partial charge in [-0.15, -0.1) is 0 Å². The van der Waals surface area contributed by atoms with Crippen LogP contribution in [0.2, 0.25) is 0 Å². The third kappa shape index (κ3) is 1.28.